The smallest absolute Gasteiger partial charge is 0.135 e. The molecule has 15 heavy (non-hydrogen) atoms. The fraction of sp³-hybridized carbons (Fsp3) is 0.727. The minimum absolute atomic E-state index is 0.190. The van der Waals surface area contributed by atoms with Crippen LogP contribution in [0.15, 0.2) is 0 Å². The molecule has 0 saturated carbocycles. The summed E-state index contributed by atoms with van der Waals surface area (Å²) in [6.07, 6.45) is 4.38. The number of ether oxygens (including phenoxy) is 1. The van der Waals surface area contributed by atoms with Gasteiger partial charge in [0.05, 0.1) is 5.69 Å². The van der Waals surface area contributed by atoms with Crippen LogP contribution in [0.4, 0.5) is 0 Å². The van der Waals surface area contributed by atoms with Crippen molar-refractivity contribution in [3.63, 3.8) is 0 Å². The van der Waals surface area contributed by atoms with Crippen LogP contribution < -0.4 is 5.73 Å². The van der Waals surface area contributed by atoms with Crippen LogP contribution in [0.25, 0.3) is 0 Å². The third kappa shape index (κ3) is 2.38. The molecule has 1 atom stereocenters. The van der Waals surface area contributed by atoms with Gasteiger partial charge >= 0.3 is 0 Å². The van der Waals surface area contributed by atoms with E-state index >= 15 is 0 Å². The maximum Gasteiger partial charge on any atom is 0.135 e. The lowest BCUT2D eigenvalue weighted by molar-refractivity contribution is 0.105. The molecule has 4 heteroatoms. The second-order valence-electron chi connectivity index (χ2n) is 4.09. The minimum atomic E-state index is 0.190. The predicted octanol–water partition coefficient (Wildman–Crippen LogP) is 1.46. The van der Waals surface area contributed by atoms with Gasteiger partial charge in [0.1, 0.15) is 11.9 Å². The van der Waals surface area contributed by atoms with Crippen LogP contribution in [0.2, 0.25) is 0 Å². The highest BCUT2D eigenvalue weighted by Crippen LogP contribution is 2.27. The van der Waals surface area contributed by atoms with Gasteiger partial charge in [-0.1, -0.05) is 0 Å². The predicted molar refractivity (Wildman–Crippen MR) is 58.6 cm³/mol. The fourth-order valence-corrected chi connectivity index (χ4v) is 1.98. The van der Waals surface area contributed by atoms with Gasteiger partial charge in [-0.15, -0.1) is 0 Å². The van der Waals surface area contributed by atoms with E-state index in [0.717, 1.165) is 56.0 Å². The lowest BCUT2D eigenvalue weighted by Crippen LogP contribution is -2.02. The number of imidazole rings is 1. The van der Waals surface area contributed by atoms with Gasteiger partial charge in [-0.3, -0.25) is 0 Å². The molecule has 1 unspecified atom stereocenters. The first-order valence-electron chi connectivity index (χ1n) is 5.68. The van der Waals surface area contributed by atoms with Crippen LogP contribution in [-0.2, 0) is 11.2 Å². The Morgan fingerprint density at radius 2 is 2.47 bits per heavy atom. The Morgan fingerprint density at radius 3 is 3.13 bits per heavy atom. The third-order valence-electron chi connectivity index (χ3n) is 2.86. The second-order valence-corrected chi connectivity index (χ2v) is 4.09. The number of hydrogen-bond acceptors (Lipinski definition) is 3. The van der Waals surface area contributed by atoms with Crippen molar-refractivity contribution in [2.75, 3.05) is 13.2 Å². The standard InChI is InChI=1S/C11H19N3O/c1-8-9(4-2-6-12)14-11(13-8)10-5-3-7-15-10/h10H,2-7,12H2,1H3,(H,13,14). The molecule has 2 heterocycles. The summed E-state index contributed by atoms with van der Waals surface area (Å²) >= 11 is 0. The van der Waals surface area contributed by atoms with E-state index in [2.05, 4.69) is 16.9 Å². The van der Waals surface area contributed by atoms with Gasteiger partial charge in [0.2, 0.25) is 0 Å². The highest BCUT2D eigenvalue weighted by molar-refractivity contribution is 5.14. The van der Waals surface area contributed by atoms with E-state index < -0.39 is 0 Å². The summed E-state index contributed by atoms with van der Waals surface area (Å²) in [5.41, 5.74) is 7.80. The normalized spacial score (nSPS) is 21.1. The van der Waals surface area contributed by atoms with Crippen LogP contribution in [0.5, 0.6) is 0 Å². The zero-order valence-electron chi connectivity index (χ0n) is 9.25. The van der Waals surface area contributed by atoms with E-state index in [1.807, 2.05) is 0 Å². The zero-order valence-corrected chi connectivity index (χ0v) is 9.25. The van der Waals surface area contributed by atoms with Crippen molar-refractivity contribution in [1.29, 1.82) is 0 Å². The first kappa shape index (κ1) is 10.6. The minimum Gasteiger partial charge on any atom is -0.370 e. The molecule has 3 N–H and O–H groups in total. The molecule has 0 spiro atoms. The number of aromatic nitrogens is 2. The lowest BCUT2D eigenvalue weighted by atomic mass is 10.2. The molecule has 1 aliphatic rings. The average Bonchev–Trinajstić information content (AvgIpc) is 2.83. The van der Waals surface area contributed by atoms with Crippen LogP contribution >= 0.6 is 0 Å². The van der Waals surface area contributed by atoms with Crippen LogP contribution in [0.1, 0.15) is 42.6 Å². The summed E-state index contributed by atoms with van der Waals surface area (Å²) in [6, 6.07) is 0. The van der Waals surface area contributed by atoms with E-state index in [0.29, 0.717) is 0 Å². The second kappa shape index (κ2) is 4.77. The molecule has 0 amide bonds. The molecule has 84 valence electrons. The number of aryl methyl sites for hydroxylation is 2. The van der Waals surface area contributed by atoms with Gasteiger partial charge in [0.15, 0.2) is 0 Å². The van der Waals surface area contributed by atoms with Gasteiger partial charge in [0, 0.05) is 12.3 Å². The molecule has 2 rings (SSSR count). The molecule has 4 nitrogen and oxygen atoms in total. The molecule has 0 radical (unpaired) electrons. The quantitative estimate of drug-likeness (QED) is 0.789. The number of nitrogens with two attached hydrogens (primary N) is 1. The fourth-order valence-electron chi connectivity index (χ4n) is 1.98. The monoisotopic (exact) mass is 209 g/mol. The van der Waals surface area contributed by atoms with E-state index in [1.165, 1.54) is 0 Å². The first-order chi connectivity index (χ1) is 7.31. The molecule has 0 aromatic carbocycles. The molecule has 1 aliphatic heterocycles. The Bertz CT molecular complexity index is 316. The van der Waals surface area contributed by atoms with Gasteiger partial charge < -0.3 is 15.5 Å². The van der Waals surface area contributed by atoms with Crippen molar-refractivity contribution < 1.29 is 4.74 Å². The Labute approximate surface area is 90.2 Å². The number of hydrogen-bond donors (Lipinski definition) is 2. The number of H-pyrrole nitrogens is 1. The summed E-state index contributed by atoms with van der Waals surface area (Å²) in [5.74, 6) is 0.997. The van der Waals surface area contributed by atoms with Gasteiger partial charge in [-0.25, -0.2) is 4.98 Å². The highest BCUT2D eigenvalue weighted by Gasteiger charge is 2.21. The molecule has 0 bridgehead atoms. The van der Waals surface area contributed by atoms with Crippen LogP contribution in [-0.4, -0.2) is 23.1 Å². The lowest BCUT2D eigenvalue weighted by Gasteiger charge is -2.03. The van der Waals surface area contributed by atoms with Crippen molar-refractivity contribution in [2.24, 2.45) is 5.73 Å². The highest BCUT2D eigenvalue weighted by atomic mass is 16.5. The number of aromatic amines is 1. The third-order valence-corrected chi connectivity index (χ3v) is 2.86. The van der Waals surface area contributed by atoms with Crippen molar-refractivity contribution in [3.8, 4) is 0 Å². The molecular weight excluding hydrogens is 190 g/mol. The summed E-state index contributed by atoms with van der Waals surface area (Å²) in [6.45, 7) is 3.65. The number of nitrogens with one attached hydrogen (secondary N) is 1. The zero-order chi connectivity index (χ0) is 10.7. The van der Waals surface area contributed by atoms with Crippen molar-refractivity contribution >= 4 is 0 Å². The molecular formula is C11H19N3O. The number of nitrogens with zero attached hydrogens (tertiary/aromatic N) is 1. The van der Waals surface area contributed by atoms with E-state index in [4.69, 9.17) is 10.5 Å². The summed E-state index contributed by atoms with van der Waals surface area (Å²) in [7, 11) is 0. The topological polar surface area (TPSA) is 63.9 Å². The van der Waals surface area contributed by atoms with Gasteiger partial charge in [-0.05, 0) is 39.2 Å². The molecule has 1 saturated heterocycles. The van der Waals surface area contributed by atoms with Crippen LogP contribution in [0.3, 0.4) is 0 Å². The van der Waals surface area contributed by atoms with Crippen molar-refractivity contribution in [3.05, 3.63) is 17.2 Å². The summed E-state index contributed by atoms with van der Waals surface area (Å²) < 4.78 is 5.59. The molecule has 1 fully saturated rings. The maximum absolute atomic E-state index is 5.59. The summed E-state index contributed by atoms with van der Waals surface area (Å²) in [4.78, 5) is 7.91. The maximum atomic E-state index is 5.59. The van der Waals surface area contributed by atoms with Crippen LogP contribution in [0, 0.1) is 6.92 Å². The van der Waals surface area contributed by atoms with Gasteiger partial charge in [0.25, 0.3) is 0 Å². The summed E-state index contributed by atoms with van der Waals surface area (Å²) in [5, 5.41) is 0. The Morgan fingerprint density at radius 1 is 1.60 bits per heavy atom. The Kier molecular flexibility index (Phi) is 3.38. The first-order valence-corrected chi connectivity index (χ1v) is 5.68. The van der Waals surface area contributed by atoms with E-state index in [-0.39, 0.29) is 6.10 Å². The Hall–Kier alpha value is -0.870. The van der Waals surface area contributed by atoms with E-state index in [9.17, 15) is 0 Å². The largest absolute Gasteiger partial charge is 0.370 e. The van der Waals surface area contributed by atoms with E-state index in [1.54, 1.807) is 0 Å². The van der Waals surface area contributed by atoms with Gasteiger partial charge in [-0.2, -0.15) is 0 Å². The van der Waals surface area contributed by atoms with Crippen molar-refractivity contribution in [2.45, 2.75) is 38.7 Å². The van der Waals surface area contributed by atoms with Crippen molar-refractivity contribution in [1.82, 2.24) is 9.97 Å². The molecule has 0 aliphatic carbocycles. The Balaban J connectivity index is 2.06. The molecule has 1 aromatic heterocycles. The SMILES string of the molecule is Cc1[nH]c(C2CCCO2)nc1CCCN. The number of rotatable bonds is 4. The molecule has 1 aromatic rings. The average molecular weight is 209 g/mol.